The number of amides is 1. The number of unbranched alkanes of at least 4 members (excludes halogenated alkanes) is 38. The minimum absolute atomic E-state index is 0.0241. The van der Waals surface area contributed by atoms with Crippen LogP contribution in [0.15, 0.2) is 48.6 Å². The summed E-state index contributed by atoms with van der Waals surface area (Å²) in [6, 6.07) is -0.893. The highest BCUT2D eigenvalue weighted by atomic mass is 31.2. The molecule has 1 N–H and O–H groups in total. The summed E-state index contributed by atoms with van der Waals surface area (Å²) in [5.74, 6) is -0.545. The Labute approximate surface area is 471 Å². The molecular weight excluding hydrogens is 964 g/mol. The number of hydrogen-bond acceptors (Lipinski definition) is 7. The molecule has 0 aromatic carbocycles. The van der Waals surface area contributed by atoms with E-state index >= 15 is 0 Å². The molecule has 0 aliphatic carbocycles. The van der Waals surface area contributed by atoms with Gasteiger partial charge in [-0.05, 0) is 83.1 Å². The molecule has 0 saturated carbocycles. The summed E-state index contributed by atoms with van der Waals surface area (Å²) >= 11 is 0. The van der Waals surface area contributed by atoms with E-state index in [0.29, 0.717) is 17.4 Å². The predicted octanol–water partition coefficient (Wildman–Crippen LogP) is 19.4. The molecule has 9 nitrogen and oxygen atoms in total. The minimum Gasteiger partial charge on any atom is -0.756 e. The highest BCUT2D eigenvalue weighted by Gasteiger charge is 2.27. The van der Waals surface area contributed by atoms with Crippen LogP contribution in [0, 0.1) is 0 Å². The number of likely N-dealkylation sites (N-methyl/N-ethyl adjacent to an activating group) is 1. The van der Waals surface area contributed by atoms with Crippen molar-refractivity contribution in [2.45, 2.75) is 322 Å². The summed E-state index contributed by atoms with van der Waals surface area (Å²) in [6.07, 6.45) is 69.4. The quantitative estimate of drug-likeness (QED) is 0.0161. The van der Waals surface area contributed by atoms with Crippen molar-refractivity contribution in [3.8, 4) is 0 Å². The highest BCUT2D eigenvalue weighted by Crippen LogP contribution is 2.38. The van der Waals surface area contributed by atoms with Crippen molar-refractivity contribution >= 4 is 19.7 Å². The molecule has 0 spiro atoms. The third-order valence-corrected chi connectivity index (χ3v) is 15.5. The molecule has 10 heteroatoms. The van der Waals surface area contributed by atoms with E-state index in [1.54, 1.807) is 0 Å². The maximum absolute atomic E-state index is 13.5. The molecule has 446 valence electrons. The van der Waals surface area contributed by atoms with Crippen LogP contribution in [0.4, 0.5) is 0 Å². The number of rotatable bonds is 59. The van der Waals surface area contributed by atoms with E-state index in [4.69, 9.17) is 13.8 Å². The molecule has 0 aromatic rings. The van der Waals surface area contributed by atoms with Gasteiger partial charge in [0, 0.05) is 12.8 Å². The Bertz CT molecular complexity index is 1440. The van der Waals surface area contributed by atoms with Crippen molar-refractivity contribution in [2.75, 3.05) is 40.9 Å². The van der Waals surface area contributed by atoms with Crippen LogP contribution in [0.2, 0.25) is 0 Å². The number of phosphoric ester groups is 1. The largest absolute Gasteiger partial charge is 0.756 e. The first-order valence-corrected chi connectivity index (χ1v) is 33.9. The van der Waals surface area contributed by atoms with Crippen LogP contribution in [-0.4, -0.2) is 69.4 Å². The molecule has 0 fully saturated rings. The van der Waals surface area contributed by atoms with Crippen LogP contribution in [0.3, 0.4) is 0 Å². The first-order chi connectivity index (χ1) is 36.9. The number of hydrogen-bond donors (Lipinski definition) is 1. The monoisotopic (exact) mass is 1090 g/mol. The van der Waals surface area contributed by atoms with Crippen molar-refractivity contribution < 1.29 is 37.3 Å². The Morgan fingerprint density at radius 1 is 0.461 bits per heavy atom. The molecule has 0 bridgehead atoms. The second kappa shape index (κ2) is 56.3. The lowest BCUT2D eigenvalue weighted by molar-refractivity contribution is -0.870. The van der Waals surface area contributed by atoms with Crippen LogP contribution in [-0.2, 0) is 27.9 Å². The van der Waals surface area contributed by atoms with Gasteiger partial charge in [-0.1, -0.05) is 262 Å². The maximum atomic E-state index is 13.5. The van der Waals surface area contributed by atoms with Gasteiger partial charge in [-0.2, -0.15) is 0 Å². The normalized spacial score (nSPS) is 13.9. The Balaban J connectivity index is 5.14. The number of carbonyl (C=O) groups excluding carboxylic acids is 2. The fourth-order valence-electron chi connectivity index (χ4n) is 9.45. The van der Waals surface area contributed by atoms with Gasteiger partial charge in [-0.25, -0.2) is 0 Å². The molecule has 76 heavy (non-hydrogen) atoms. The van der Waals surface area contributed by atoms with Crippen molar-refractivity contribution in [2.24, 2.45) is 0 Å². The van der Waals surface area contributed by atoms with Crippen molar-refractivity contribution in [1.29, 1.82) is 0 Å². The summed E-state index contributed by atoms with van der Waals surface area (Å²) in [5, 5.41) is 3.03. The number of quaternary nitrogens is 1. The number of carbonyl (C=O) groups is 2. The number of nitrogens with zero attached hydrogens (tertiary/aromatic N) is 1. The Morgan fingerprint density at radius 2 is 0.803 bits per heavy atom. The topological polar surface area (TPSA) is 114 Å². The third-order valence-electron chi connectivity index (χ3n) is 14.5. The molecule has 1 amide bonds. The summed E-state index contributed by atoms with van der Waals surface area (Å²) in [4.78, 5) is 40.0. The standard InChI is InChI=1S/C66H125N2O7P/c1-7-10-13-16-19-22-25-28-30-31-32-33-34-35-36-37-39-41-44-47-50-53-56-59-66(70)75-64(57-54-51-48-45-42-27-24-21-18-15-12-9-3)63(62-74-76(71,72)73-61-60-68(4,5)6)67-65(69)58-55-52-49-46-43-40-38-29-26-23-20-17-14-11-8-2/h20,23,26,28-30,54,57,63-64H,7-19,21-22,24-25,27,31-53,55-56,58-62H2,1-6H3,(H-,67,69,71,72)/b23-20+,29-26+,30-28+,57-54-. The zero-order valence-corrected chi connectivity index (χ0v) is 51.9. The average molecular weight is 1090 g/mol. The molecule has 0 saturated heterocycles. The van der Waals surface area contributed by atoms with Crippen LogP contribution >= 0.6 is 7.82 Å². The van der Waals surface area contributed by atoms with Crippen molar-refractivity contribution in [3.63, 3.8) is 0 Å². The highest BCUT2D eigenvalue weighted by molar-refractivity contribution is 7.45. The first kappa shape index (κ1) is 74.0. The molecule has 3 unspecified atom stereocenters. The SMILES string of the molecule is CCCCC/C=C/C=C/CCCCCCCCC(=O)NC(COP(=O)([O-])OCC[N+](C)(C)C)C(/C=C\CCCCCCCCCCCC)OC(=O)CCCCCCCCCCCCCCC/C=C/CCCCCCCC. The minimum atomic E-state index is -4.70. The van der Waals surface area contributed by atoms with Crippen LogP contribution < -0.4 is 10.2 Å². The number of phosphoric acid groups is 1. The van der Waals surface area contributed by atoms with E-state index in [1.165, 1.54) is 193 Å². The number of ether oxygens (including phenoxy) is 1. The summed E-state index contributed by atoms with van der Waals surface area (Å²) in [6.45, 7) is 6.83. The maximum Gasteiger partial charge on any atom is 0.306 e. The lowest BCUT2D eigenvalue weighted by Gasteiger charge is -2.30. The lowest BCUT2D eigenvalue weighted by atomic mass is 10.0. The van der Waals surface area contributed by atoms with Crippen LogP contribution in [0.25, 0.3) is 0 Å². The fourth-order valence-corrected chi connectivity index (χ4v) is 10.2. The zero-order chi connectivity index (χ0) is 55.7. The van der Waals surface area contributed by atoms with Gasteiger partial charge >= 0.3 is 5.97 Å². The fraction of sp³-hybridized carbons (Fsp3) is 0.848. The number of allylic oxidation sites excluding steroid dienone is 7. The summed E-state index contributed by atoms with van der Waals surface area (Å²) < 4.78 is 30.3. The molecule has 0 aliphatic heterocycles. The van der Waals surface area contributed by atoms with Crippen molar-refractivity contribution in [3.05, 3.63) is 48.6 Å². The van der Waals surface area contributed by atoms with Gasteiger partial charge in [0.05, 0.1) is 33.8 Å². The van der Waals surface area contributed by atoms with E-state index in [-0.39, 0.29) is 24.9 Å². The van der Waals surface area contributed by atoms with E-state index in [2.05, 4.69) is 62.5 Å². The Morgan fingerprint density at radius 3 is 1.22 bits per heavy atom. The zero-order valence-electron chi connectivity index (χ0n) is 51.0. The van der Waals surface area contributed by atoms with E-state index < -0.39 is 26.6 Å². The van der Waals surface area contributed by atoms with Crippen LogP contribution in [0.1, 0.15) is 310 Å². The molecule has 3 atom stereocenters. The molecular formula is C66H125N2O7P. The Kier molecular flexibility index (Phi) is 54.7. The molecule has 0 heterocycles. The molecule has 0 aromatic heterocycles. The number of esters is 1. The second-order valence-corrected chi connectivity index (χ2v) is 24.7. The molecule has 0 radical (unpaired) electrons. The van der Waals surface area contributed by atoms with E-state index in [9.17, 15) is 19.0 Å². The van der Waals surface area contributed by atoms with Gasteiger partial charge in [0.15, 0.2) is 0 Å². The van der Waals surface area contributed by atoms with E-state index in [1.807, 2.05) is 33.3 Å². The van der Waals surface area contributed by atoms with Crippen molar-refractivity contribution in [1.82, 2.24) is 5.32 Å². The Hall–Kier alpha value is -2.03. The van der Waals surface area contributed by atoms with Crippen LogP contribution in [0.5, 0.6) is 0 Å². The lowest BCUT2D eigenvalue weighted by Crippen LogP contribution is -2.47. The van der Waals surface area contributed by atoms with Gasteiger partial charge in [0.1, 0.15) is 19.3 Å². The van der Waals surface area contributed by atoms with E-state index in [0.717, 1.165) is 83.5 Å². The predicted molar refractivity (Wildman–Crippen MR) is 326 cm³/mol. The van der Waals surface area contributed by atoms with Gasteiger partial charge in [-0.15, -0.1) is 0 Å². The molecule has 0 aliphatic rings. The average Bonchev–Trinajstić information content (AvgIpc) is 3.38. The summed E-state index contributed by atoms with van der Waals surface area (Å²) in [7, 11) is 1.18. The van der Waals surface area contributed by atoms with Gasteiger partial charge in [-0.3, -0.25) is 14.2 Å². The second-order valence-electron chi connectivity index (χ2n) is 23.3. The van der Waals surface area contributed by atoms with Gasteiger partial charge < -0.3 is 28.5 Å². The third kappa shape index (κ3) is 56.7. The van der Waals surface area contributed by atoms with Gasteiger partial charge in [0.2, 0.25) is 5.91 Å². The smallest absolute Gasteiger partial charge is 0.306 e. The molecule has 0 rings (SSSR count). The summed E-state index contributed by atoms with van der Waals surface area (Å²) in [5.41, 5.74) is 0. The number of nitrogens with one attached hydrogen (secondary N) is 1. The first-order valence-electron chi connectivity index (χ1n) is 32.5. The van der Waals surface area contributed by atoms with Gasteiger partial charge in [0.25, 0.3) is 7.82 Å².